The Hall–Kier alpha value is -2.04. The molecule has 130 valence electrons. The van der Waals surface area contributed by atoms with Gasteiger partial charge in [0.1, 0.15) is 5.75 Å². The maximum absolute atomic E-state index is 13.0. The van der Waals surface area contributed by atoms with Gasteiger partial charge in [0.05, 0.1) is 13.0 Å². The van der Waals surface area contributed by atoms with E-state index in [1.807, 2.05) is 23.1 Å². The lowest BCUT2D eigenvalue weighted by Crippen LogP contribution is -2.39. The number of anilines is 1. The summed E-state index contributed by atoms with van der Waals surface area (Å²) in [6.45, 7) is 0.747. The number of rotatable bonds is 3. The molecule has 0 radical (unpaired) electrons. The average molecular weight is 331 g/mol. The van der Waals surface area contributed by atoms with Crippen molar-refractivity contribution in [1.29, 1.82) is 0 Å². The molecule has 3 rings (SSSR count). The molecule has 1 amide bonds. The largest absolute Gasteiger partial charge is 0.497 e. The van der Waals surface area contributed by atoms with Crippen molar-refractivity contribution in [3.8, 4) is 5.75 Å². The molecular formula is C19H25NO4. The number of methoxy groups -OCH3 is 1. The summed E-state index contributed by atoms with van der Waals surface area (Å²) in [5, 5.41) is 9.12. The second kappa shape index (κ2) is 7.24. The Morgan fingerprint density at radius 1 is 1.12 bits per heavy atom. The molecule has 0 unspecified atom stereocenters. The second-order valence-corrected chi connectivity index (χ2v) is 6.83. The van der Waals surface area contributed by atoms with Crippen molar-refractivity contribution in [2.45, 2.75) is 44.9 Å². The standard InChI is InChI=1S/C19H25NO4/c1-24-16-9-10-17-15(12-16)4-2-3-11-20(17)18(21)13-5-7-14(8-6-13)19(22)23/h9-10,12-14H,2-8,11H2,1H3,(H,22,23). The zero-order chi connectivity index (χ0) is 17.1. The first-order chi connectivity index (χ1) is 11.6. The number of carboxylic acid groups (broad SMARTS) is 1. The quantitative estimate of drug-likeness (QED) is 0.923. The number of ether oxygens (including phenoxy) is 1. The molecule has 0 atom stereocenters. The lowest BCUT2D eigenvalue weighted by molar-refractivity contribution is -0.144. The molecule has 5 nitrogen and oxygen atoms in total. The molecule has 2 aliphatic rings. The molecule has 1 aliphatic heterocycles. The number of carboxylic acids is 1. The molecule has 1 saturated carbocycles. The Morgan fingerprint density at radius 2 is 1.83 bits per heavy atom. The van der Waals surface area contributed by atoms with Crippen molar-refractivity contribution in [3.05, 3.63) is 23.8 Å². The molecule has 1 aromatic rings. The normalized spacial score (nSPS) is 24.0. The fourth-order valence-electron chi connectivity index (χ4n) is 3.89. The second-order valence-electron chi connectivity index (χ2n) is 6.83. The van der Waals surface area contributed by atoms with E-state index in [-0.39, 0.29) is 17.7 Å². The highest BCUT2D eigenvalue weighted by Crippen LogP contribution is 2.35. The number of carbonyl (C=O) groups excluding carboxylic acids is 1. The Labute approximate surface area is 142 Å². The molecule has 1 aromatic carbocycles. The highest BCUT2D eigenvalue weighted by Gasteiger charge is 2.33. The molecule has 1 heterocycles. The first-order valence-electron chi connectivity index (χ1n) is 8.81. The Morgan fingerprint density at radius 3 is 2.50 bits per heavy atom. The van der Waals surface area contributed by atoms with Gasteiger partial charge in [-0.1, -0.05) is 0 Å². The fourth-order valence-corrected chi connectivity index (χ4v) is 3.89. The van der Waals surface area contributed by atoms with Crippen LogP contribution in [0.3, 0.4) is 0 Å². The van der Waals surface area contributed by atoms with E-state index in [1.165, 1.54) is 5.56 Å². The first kappa shape index (κ1) is 16.8. The zero-order valence-electron chi connectivity index (χ0n) is 14.2. The highest BCUT2D eigenvalue weighted by molar-refractivity contribution is 5.96. The van der Waals surface area contributed by atoms with E-state index in [1.54, 1.807) is 7.11 Å². The van der Waals surface area contributed by atoms with E-state index in [0.29, 0.717) is 25.7 Å². The number of nitrogens with zero attached hydrogens (tertiary/aromatic N) is 1. The monoisotopic (exact) mass is 331 g/mol. The van der Waals surface area contributed by atoms with Crippen LogP contribution in [0.15, 0.2) is 18.2 Å². The molecule has 0 aromatic heterocycles. The SMILES string of the molecule is COc1ccc2c(c1)CCCCN2C(=O)C1CCC(C(=O)O)CC1. The van der Waals surface area contributed by atoms with E-state index in [4.69, 9.17) is 9.84 Å². The smallest absolute Gasteiger partial charge is 0.306 e. The lowest BCUT2D eigenvalue weighted by atomic mass is 9.81. The molecule has 1 fully saturated rings. The summed E-state index contributed by atoms with van der Waals surface area (Å²) in [5.74, 6) is -0.0753. The van der Waals surface area contributed by atoms with Crippen molar-refractivity contribution >= 4 is 17.6 Å². The van der Waals surface area contributed by atoms with Gasteiger partial charge in [-0.2, -0.15) is 0 Å². The van der Waals surface area contributed by atoms with Crippen LogP contribution >= 0.6 is 0 Å². The van der Waals surface area contributed by atoms with Gasteiger partial charge < -0.3 is 14.7 Å². The van der Waals surface area contributed by atoms with Crippen LogP contribution < -0.4 is 9.64 Å². The van der Waals surface area contributed by atoms with Gasteiger partial charge >= 0.3 is 5.97 Å². The van der Waals surface area contributed by atoms with Gasteiger partial charge in [0.15, 0.2) is 0 Å². The van der Waals surface area contributed by atoms with Crippen molar-refractivity contribution in [2.24, 2.45) is 11.8 Å². The number of carbonyl (C=O) groups is 2. The summed E-state index contributed by atoms with van der Waals surface area (Å²) in [5.41, 5.74) is 2.16. The zero-order valence-corrected chi connectivity index (χ0v) is 14.2. The first-order valence-corrected chi connectivity index (χ1v) is 8.81. The number of hydrogen-bond donors (Lipinski definition) is 1. The third-order valence-electron chi connectivity index (χ3n) is 5.35. The van der Waals surface area contributed by atoms with Gasteiger partial charge in [-0.3, -0.25) is 9.59 Å². The molecule has 5 heteroatoms. The van der Waals surface area contributed by atoms with Gasteiger partial charge in [0.2, 0.25) is 5.91 Å². The molecule has 1 N–H and O–H groups in total. The number of benzene rings is 1. The van der Waals surface area contributed by atoms with Crippen molar-refractivity contribution in [2.75, 3.05) is 18.6 Å². The summed E-state index contributed by atoms with van der Waals surface area (Å²) in [6, 6.07) is 5.92. The molecule has 1 aliphatic carbocycles. The van der Waals surface area contributed by atoms with Crippen LogP contribution in [0.4, 0.5) is 5.69 Å². The number of aliphatic carboxylic acids is 1. The minimum absolute atomic E-state index is 0.0475. The summed E-state index contributed by atoms with van der Waals surface area (Å²) >= 11 is 0. The highest BCUT2D eigenvalue weighted by atomic mass is 16.5. The average Bonchev–Trinajstić information content (AvgIpc) is 2.82. The molecule has 0 bridgehead atoms. The summed E-state index contributed by atoms with van der Waals surface area (Å²) in [6.07, 6.45) is 5.59. The molecule has 24 heavy (non-hydrogen) atoms. The van der Waals surface area contributed by atoms with Gasteiger partial charge in [-0.05, 0) is 68.7 Å². The number of aryl methyl sites for hydroxylation is 1. The van der Waals surface area contributed by atoms with Crippen LogP contribution in [0, 0.1) is 11.8 Å². The predicted molar refractivity (Wildman–Crippen MR) is 91.4 cm³/mol. The molecular weight excluding hydrogens is 306 g/mol. The molecule has 0 spiro atoms. The van der Waals surface area contributed by atoms with E-state index < -0.39 is 5.97 Å². The summed E-state index contributed by atoms with van der Waals surface area (Å²) < 4.78 is 5.31. The number of fused-ring (bicyclic) bond motifs is 1. The number of hydrogen-bond acceptors (Lipinski definition) is 3. The van der Waals surface area contributed by atoms with Crippen LogP contribution in [-0.2, 0) is 16.0 Å². The van der Waals surface area contributed by atoms with Crippen LogP contribution in [-0.4, -0.2) is 30.6 Å². The minimum atomic E-state index is -0.729. The van der Waals surface area contributed by atoms with E-state index in [9.17, 15) is 9.59 Å². The predicted octanol–water partition coefficient (Wildman–Crippen LogP) is 3.26. The van der Waals surface area contributed by atoms with Crippen LogP contribution in [0.25, 0.3) is 0 Å². The maximum Gasteiger partial charge on any atom is 0.306 e. The lowest BCUT2D eigenvalue weighted by Gasteiger charge is -2.31. The number of amides is 1. The third-order valence-corrected chi connectivity index (χ3v) is 5.35. The van der Waals surface area contributed by atoms with Crippen LogP contribution in [0.5, 0.6) is 5.75 Å². The van der Waals surface area contributed by atoms with Crippen molar-refractivity contribution in [3.63, 3.8) is 0 Å². The molecule has 0 saturated heterocycles. The van der Waals surface area contributed by atoms with Crippen LogP contribution in [0.1, 0.15) is 44.1 Å². The minimum Gasteiger partial charge on any atom is -0.497 e. The summed E-state index contributed by atoms with van der Waals surface area (Å²) in [4.78, 5) is 26.1. The summed E-state index contributed by atoms with van der Waals surface area (Å²) in [7, 11) is 1.66. The van der Waals surface area contributed by atoms with Crippen molar-refractivity contribution < 1.29 is 19.4 Å². The third kappa shape index (κ3) is 3.40. The Bertz CT molecular complexity index is 620. The van der Waals surface area contributed by atoms with Crippen LogP contribution in [0.2, 0.25) is 0 Å². The van der Waals surface area contributed by atoms with Crippen molar-refractivity contribution in [1.82, 2.24) is 0 Å². The van der Waals surface area contributed by atoms with E-state index >= 15 is 0 Å². The fraction of sp³-hybridized carbons (Fsp3) is 0.579. The maximum atomic E-state index is 13.0. The Balaban J connectivity index is 1.77. The van der Waals surface area contributed by atoms with Gasteiger partial charge in [-0.15, -0.1) is 0 Å². The topological polar surface area (TPSA) is 66.8 Å². The van der Waals surface area contributed by atoms with Gasteiger partial charge in [0.25, 0.3) is 0 Å². The van der Waals surface area contributed by atoms with Gasteiger partial charge in [0, 0.05) is 18.2 Å². The van der Waals surface area contributed by atoms with Gasteiger partial charge in [-0.25, -0.2) is 0 Å². The Kier molecular flexibility index (Phi) is 5.07. The van der Waals surface area contributed by atoms with E-state index in [0.717, 1.165) is 37.2 Å². The van der Waals surface area contributed by atoms with E-state index in [2.05, 4.69) is 0 Å².